The summed E-state index contributed by atoms with van der Waals surface area (Å²) in [4.78, 5) is 49.4. The molecule has 79 heavy (non-hydrogen) atoms. The number of rotatable bonds is 19. The molecule has 2 aliphatic heterocycles. The molecular weight excluding hydrogens is 1050 g/mol. The third kappa shape index (κ3) is 17.1. The van der Waals surface area contributed by atoms with E-state index >= 15 is 0 Å². The van der Waals surface area contributed by atoms with Crippen molar-refractivity contribution in [2.45, 2.75) is 64.3 Å². The van der Waals surface area contributed by atoms with Gasteiger partial charge in [-0.05, 0) is 157 Å². The molecule has 0 spiro atoms. The zero-order valence-corrected chi connectivity index (χ0v) is 46.6. The van der Waals surface area contributed by atoms with Gasteiger partial charge in [-0.1, -0.05) is 48.9 Å². The van der Waals surface area contributed by atoms with E-state index in [9.17, 15) is 22.4 Å². The number of likely N-dealkylation sites (N-methyl/N-ethyl adjacent to an activating group) is 1. The molecule has 9 rings (SSSR count). The molecule has 0 atom stereocenters. The maximum atomic E-state index is 14.5. The number of hydrogen-bond donors (Lipinski definition) is 6. The summed E-state index contributed by atoms with van der Waals surface area (Å²) >= 11 is 6.12. The fourth-order valence-electron chi connectivity index (χ4n) is 8.58. The molecule has 0 radical (unpaired) electrons. The zero-order valence-electron chi connectivity index (χ0n) is 45.0. The first-order valence-corrected chi connectivity index (χ1v) is 28.1. The fourth-order valence-corrected chi connectivity index (χ4v) is 10.2. The van der Waals surface area contributed by atoms with Gasteiger partial charge in [0.1, 0.15) is 18.2 Å². The van der Waals surface area contributed by atoms with E-state index in [-0.39, 0.29) is 28.5 Å². The lowest BCUT2D eigenvalue weighted by Crippen LogP contribution is -2.48. The van der Waals surface area contributed by atoms with Crippen molar-refractivity contribution in [3.63, 3.8) is 0 Å². The molecule has 0 unspecified atom stereocenters. The molecule has 7 aromatic rings. The second-order valence-corrected chi connectivity index (χ2v) is 22.2. The fraction of sp³-hybridized carbons (Fsp3) is 0.310. The van der Waals surface area contributed by atoms with Crippen molar-refractivity contribution < 1.29 is 27.1 Å². The van der Waals surface area contributed by atoms with Crippen molar-refractivity contribution in [2.24, 2.45) is 0 Å². The van der Waals surface area contributed by atoms with Gasteiger partial charge in [0, 0.05) is 78.3 Å². The quantitative estimate of drug-likeness (QED) is 0.0445. The van der Waals surface area contributed by atoms with Crippen molar-refractivity contribution in [3.8, 4) is 5.75 Å². The molecule has 2 saturated heterocycles. The number of hydrogen-bond acceptors (Lipinski definition) is 15. The van der Waals surface area contributed by atoms with Crippen LogP contribution in [0.2, 0.25) is 5.02 Å². The van der Waals surface area contributed by atoms with Crippen LogP contribution >= 0.6 is 11.6 Å². The highest BCUT2D eigenvalue weighted by atomic mass is 35.5. The van der Waals surface area contributed by atoms with Gasteiger partial charge in [-0.3, -0.25) is 14.5 Å². The Morgan fingerprint density at radius 3 is 1.96 bits per heavy atom. The summed E-state index contributed by atoms with van der Waals surface area (Å²) in [6.45, 7) is 17.7. The Morgan fingerprint density at radius 1 is 0.696 bits per heavy atom. The summed E-state index contributed by atoms with van der Waals surface area (Å²) in [5.41, 5.74) is 4.77. The van der Waals surface area contributed by atoms with Crippen LogP contribution in [0.5, 0.6) is 5.75 Å². The Bertz CT molecular complexity index is 3280. The van der Waals surface area contributed by atoms with Crippen LogP contribution in [-0.4, -0.2) is 119 Å². The van der Waals surface area contributed by atoms with Crippen molar-refractivity contribution in [3.05, 3.63) is 161 Å². The standard InChI is InChI=1S/C31H31ClFN7O2.C27H36N6O3S/c1-2-39-15-17-40(18-16-39)28(41)19-21-7-11-24(12-8-21)36-31-34-20-26(33)29(38-31)35-23-13-9-22(10-14-23)30(42)37-27-6-4-3-5-25(27)32;1-20-19-28-26(30-21-10-12-23(13-11-21)36-17-16-33-14-5-6-15-33)31-25(20)29-22-8-7-9-24(18-22)37(34,35)32-27(2,3)4/h3-14,20H,2,15-19H2,1H3,(H,37,42)(H2,34,35,36,38);7-13,18-19,32H,5-6,14-17H2,1-4H3,(H2,28,29,30,31). The maximum Gasteiger partial charge on any atom is 0.255 e. The van der Waals surface area contributed by atoms with E-state index in [1.165, 1.54) is 25.9 Å². The topological polar surface area (TPSA) is 211 Å². The lowest BCUT2D eigenvalue weighted by atomic mass is 10.1. The lowest BCUT2D eigenvalue weighted by molar-refractivity contribution is -0.132. The maximum absolute atomic E-state index is 14.5. The Balaban J connectivity index is 0.000000210. The van der Waals surface area contributed by atoms with Crippen LogP contribution in [0.3, 0.4) is 0 Å². The van der Waals surface area contributed by atoms with Crippen LogP contribution in [-0.2, 0) is 21.2 Å². The molecule has 2 aliphatic rings. The van der Waals surface area contributed by atoms with Crippen LogP contribution in [0.15, 0.2) is 139 Å². The average molecular weight is 1110 g/mol. The largest absolute Gasteiger partial charge is 0.492 e. The number of aromatic nitrogens is 4. The Labute approximate surface area is 466 Å². The summed E-state index contributed by atoms with van der Waals surface area (Å²) in [5.74, 6) is 1.19. The Kier molecular flexibility index (Phi) is 19.4. The van der Waals surface area contributed by atoms with E-state index in [2.05, 4.69) is 68.0 Å². The van der Waals surface area contributed by atoms with Crippen molar-refractivity contribution >= 4 is 85.4 Å². The molecular formula is C58H67ClFN13O5S. The molecule has 2 fully saturated rings. The molecule has 18 nitrogen and oxygen atoms in total. The highest BCUT2D eigenvalue weighted by Gasteiger charge is 2.23. The van der Waals surface area contributed by atoms with E-state index in [1.54, 1.807) is 79.0 Å². The van der Waals surface area contributed by atoms with E-state index in [0.29, 0.717) is 58.1 Å². The molecule has 0 bridgehead atoms. The summed E-state index contributed by atoms with van der Waals surface area (Å²) in [5, 5.41) is 15.6. The first-order valence-electron chi connectivity index (χ1n) is 26.2. The number of nitrogens with zero attached hydrogens (tertiary/aromatic N) is 7. The van der Waals surface area contributed by atoms with Crippen LogP contribution < -0.4 is 36.0 Å². The molecule has 6 N–H and O–H groups in total. The SMILES string of the molecule is CCN1CCN(C(=O)Cc2ccc(Nc3ncc(F)c(Nc4ccc(C(=O)Nc5ccccc5Cl)cc4)n3)cc2)CC1.Cc1cnc(Nc2ccc(OCCN3CCCC3)cc2)nc1Nc1cccc(S(=O)(=O)NC(C)(C)C)c1. The van der Waals surface area contributed by atoms with Gasteiger partial charge in [0.05, 0.1) is 28.2 Å². The predicted molar refractivity (Wildman–Crippen MR) is 311 cm³/mol. The third-order valence-corrected chi connectivity index (χ3v) is 14.9. The van der Waals surface area contributed by atoms with Crippen LogP contribution in [0.1, 0.15) is 62.0 Å². The number of aryl methyl sites for hydroxylation is 1. The number of amides is 2. The molecule has 5 aromatic carbocycles. The molecule has 2 amide bonds. The van der Waals surface area contributed by atoms with Gasteiger partial charge >= 0.3 is 0 Å². The van der Waals surface area contributed by atoms with Crippen LogP contribution in [0.25, 0.3) is 0 Å². The van der Waals surface area contributed by atoms with E-state index in [4.69, 9.17) is 16.3 Å². The summed E-state index contributed by atoms with van der Waals surface area (Å²) in [6, 6.07) is 35.3. The second kappa shape index (κ2) is 26.7. The highest BCUT2D eigenvalue weighted by molar-refractivity contribution is 7.89. The van der Waals surface area contributed by atoms with Gasteiger partial charge in [-0.15, -0.1) is 0 Å². The number of ether oxygens (including phenoxy) is 1. The minimum Gasteiger partial charge on any atom is -0.492 e. The minimum atomic E-state index is -3.65. The number of likely N-dealkylation sites (tertiary alicyclic amines) is 1. The van der Waals surface area contributed by atoms with Crippen molar-refractivity contribution in [1.82, 2.24) is 39.4 Å². The first-order chi connectivity index (χ1) is 37.9. The van der Waals surface area contributed by atoms with Crippen LogP contribution in [0.4, 0.5) is 56.4 Å². The van der Waals surface area contributed by atoms with Gasteiger partial charge in [0.15, 0.2) is 11.6 Å². The van der Waals surface area contributed by atoms with Gasteiger partial charge in [-0.2, -0.15) is 9.97 Å². The molecule has 0 saturated carbocycles. The monoisotopic (exact) mass is 1110 g/mol. The highest BCUT2D eigenvalue weighted by Crippen LogP contribution is 2.27. The number of benzene rings is 5. The normalized spacial score (nSPS) is 13.9. The van der Waals surface area contributed by atoms with Gasteiger partial charge in [0.2, 0.25) is 27.8 Å². The molecule has 0 aliphatic carbocycles. The number of nitrogens with one attached hydrogen (secondary N) is 6. The number of para-hydroxylation sites is 1. The minimum absolute atomic E-state index is 0.0221. The van der Waals surface area contributed by atoms with E-state index in [1.807, 2.05) is 81.1 Å². The molecule has 21 heteroatoms. The summed E-state index contributed by atoms with van der Waals surface area (Å²) in [7, 11) is -3.65. The Hall–Kier alpha value is -7.75. The number of carbonyl (C=O) groups excluding carboxylic acids is 2. The first kappa shape index (κ1) is 57.4. The third-order valence-electron chi connectivity index (χ3n) is 12.8. The van der Waals surface area contributed by atoms with Crippen molar-refractivity contribution in [2.75, 3.05) is 85.5 Å². The second-order valence-electron chi connectivity index (χ2n) is 20.1. The number of sulfonamides is 1. The van der Waals surface area contributed by atoms with Gasteiger partial charge < -0.3 is 41.1 Å². The molecule has 2 aromatic heterocycles. The smallest absolute Gasteiger partial charge is 0.255 e. The number of carbonyl (C=O) groups is 2. The summed E-state index contributed by atoms with van der Waals surface area (Å²) < 4.78 is 48.5. The average Bonchev–Trinajstić information content (AvgIpc) is 4.00. The number of piperazine rings is 1. The van der Waals surface area contributed by atoms with Crippen LogP contribution in [0, 0.1) is 12.7 Å². The van der Waals surface area contributed by atoms with Crippen molar-refractivity contribution in [1.29, 1.82) is 0 Å². The zero-order chi connectivity index (χ0) is 55.9. The molecule has 4 heterocycles. The Morgan fingerprint density at radius 2 is 1.30 bits per heavy atom. The van der Waals surface area contributed by atoms with E-state index < -0.39 is 21.4 Å². The lowest BCUT2D eigenvalue weighted by Gasteiger charge is -2.34. The van der Waals surface area contributed by atoms with Gasteiger partial charge in [-0.25, -0.2) is 27.5 Å². The van der Waals surface area contributed by atoms with Gasteiger partial charge in [0.25, 0.3) is 5.91 Å². The number of anilines is 9. The van der Waals surface area contributed by atoms with E-state index in [0.717, 1.165) is 68.0 Å². The summed E-state index contributed by atoms with van der Waals surface area (Å²) in [6.07, 6.45) is 5.70. The molecule has 414 valence electrons. The number of halogens is 2. The predicted octanol–water partition coefficient (Wildman–Crippen LogP) is 10.5.